The molecule has 0 aliphatic rings. The lowest BCUT2D eigenvalue weighted by molar-refractivity contribution is 0.465. The van der Waals surface area contributed by atoms with Gasteiger partial charge >= 0.3 is 0 Å². The molecule has 0 heterocycles. The quantitative estimate of drug-likeness (QED) is 0.602. The second-order valence-electron chi connectivity index (χ2n) is 3.73. The van der Waals surface area contributed by atoms with Gasteiger partial charge in [0.1, 0.15) is 0 Å². The van der Waals surface area contributed by atoms with Crippen LogP contribution in [0.15, 0.2) is 12.3 Å². The molecular weight excluding hydrogens is 158 g/mol. The number of hydrogen-bond acceptors (Lipinski definition) is 1. The summed E-state index contributed by atoms with van der Waals surface area (Å²) in [5.41, 5.74) is 1.19. The Bertz CT molecular complexity index is 129. The van der Waals surface area contributed by atoms with Crippen LogP contribution in [-0.2, 0) is 0 Å². The van der Waals surface area contributed by atoms with E-state index in [-0.39, 0.29) is 0 Å². The molecule has 0 aliphatic heterocycles. The average Bonchev–Trinajstić information content (AvgIpc) is 2.14. The maximum atomic E-state index is 3.99. The number of unbranched alkanes of at least 4 members (excludes halogenated alkanes) is 1. The maximum absolute atomic E-state index is 3.99. The molecule has 0 saturated heterocycles. The molecule has 0 amide bonds. The van der Waals surface area contributed by atoms with Gasteiger partial charge in [-0.2, -0.15) is 0 Å². The minimum atomic E-state index is 0.664. The third-order valence-corrected chi connectivity index (χ3v) is 2.38. The molecule has 1 N–H and O–H groups in total. The lowest BCUT2D eigenvalue weighted by Crippen LogP contribution is -2.27. The standard InChI is InChI=1S/C12H25N/c1-5-8-10-12(9-6-2)13-11(4)7-3/h12-13H,4-10H2,1-3H3. The summed E-state index contributed by atoms with van der Waals surface area (Å²) in [6.07, 6.45) is 7.50. The summed E-state index contributed by atoms with van der Waals surface area (Å²) in [7, 11) is 0. The lowest BCUT2D eigenvalue weighted by atomic mass is 10.0. The highest BCUT2D eigenvalue weighted by Crippen LogP contribution is 2.09. The first-order valence-corrected chi connectivity index (χ1v) is 5.68. The first-order chi connectivity index (χ1) is 6.24. The van der Waals surface area contributed by atoms with Crippen molar-refractivity contribution in [3.05, 3.63) is 12.3 Å². The molecule has 1 atom stereocenters. The van der Waals surface area contributed by atoms with Crippen molar-refractivity contribution < 1.29 is 0 Å². The van der Waals surface area contributed by atoms with Crippen LogP contribution >= 0.6 is 0 Å². The summed E-state index contributed by atoms with van der Waals surface area (Å²) >= 11 is 0. The normalized spacial score (nSPS) is 12.5. The van der Waals surface area contributed by atoms with Crippen molar-refractivity contribution in [2.45, 2.75) is 65.3 Å². The van der Waals surface area contributed by atoms with E-state index >= 15 is 0 Å². The molecule has 0 saturated carbocycles. The molecule has 0 fully saturated rings. The zero-order valence-corrected chi connectivity index (χ0v) is 9.53. The van der Waals surface area contributed by atoms with E-state index in [9.17, 15) is 0 Å². The van der Waals surface area contributed by atoms with Crippen LogP contribution in [0.5, 0.6) is 0 Å². The molecule has 78 valence electrons. The Balaban J connectivity index is 3.71. The van der Waals surface area contributed by atoms with Crippen LogP contribution in [0.3, 0.4) is 0 Å². The lowest BCUT2D eigenvalue weighted by Gasteiger charge is -2.19. The Morgan fingerprint density at radius 3 is 2.31 bits per heavy atom. The Hall–Kier alpha value is -0.460. The fourth-order valence-corrected chi connectivity index (χ4v) is 1.48. The summed E-state index contributed by atoms with van der Waals surface area (Å²) in [6.45, 7) is 10.6. The van der Waals surface area contributed by atoms with Gasteiger partial charge in [-0.15, -0.1) is 0 Å². The van der Waals surface area contributed by atoms with E-state index in [1.54, 1.807) is 0 Å². The summed E-state index contributed by atoms with van der Waals surface area (Å²) in [6, 6.07) is 0.664. The smallest absolute Gasteiger partial charge is 0.0257 e. The van der Waals surface area contributed by atoms with Crippen LogP contribution in [0, 0.1) is 0 Å². The number of nitrogens with one attached hydrogen (secondary N) is 1. The zero-order valence-electron chi connectivity index (χ0n) is 9.53. The molecule has 0 rings (SSSR count). The van der Waals surface area contributed by atoms with E-state index < -0.39 is 0 Å². The van der Waals surface area contributed by atoms with Gasteiger partial charge in [0.25, 0.3) is 0 Å². The van der Waals surface area contributed by atoms with Crippen LogP contribution in [-0.4, -0.2) is 6.04 Å². The number of rotatable bonds is 8. The summed E-state index contributed by atoms with van der Waals surface area (Å²) in [5.74, 6) is 0. The first kappa shape index (κ1) is 12.5. The van der Waals surface area contributed by atoms with Crippen molar-refractivity contribution in [2.75, 3.05) is 0 Å². The largest absolute Gasteiger partial charge is 0.386 e. The Morgan fingerprint density at radius 1 is 1.15 bits per heavy atom. The highest BCUT2D eigenvalue weighted by atomic mass is 14.9. The molecule has 0 radical (unpaired) electrons. The summed E-state index contributed by atoms with van der Waals surface area (Å²) in [4.78, 5) is 0. The van der Waals surface area contributed by atoms with Gasteiger partial charge in [-0.25, -0.2) is 0 Å². The number of hydrogen-bond donors (Lipinski definition) is 1. The van der Waals surface area contributed by atoms with Gasteiger partial charge in [0, 0.05) is 11.7 Å². The van der Waals surface area contributed by atoms with Crippen LogP contribution < -0.4 is 5.32 Å². The van der Waals surface area contributed by atoms with Crippen LogP contribution in [0.2, 0.25) is 0 Å². The fourth-order valence-electron chi connectivity index (χ4n) is 1.48. The van der Waals surface area contributed by atoms with Crippen molar-refractivity contribution in [1.29, 1.82) is 0 Å². The molecule has 0 bridgehead atoms. The minimum absolute atomic E-state index is 0.664. The van der Waals surface area contributed by atoms with Crippen LogP contribution in [0.1, 0.15) is 59.3 Å². The molecule has 1 nitrogen and oxygen atoms in total. The van der Waals surface area contributed by atoms with Gasteiger partial charge in [-0.05, 0) is 19.3 Å². The van der Waals surface area contributed by atoms with Crippen molar-refractivity contribution >= 4 is 0 Å². The third-order valence-electron chi connectivity index (χ3n) is 2.38. The second kappa shape index (κ2) is 8.15. The average molecular weight is 183 g/mol. The monoisotopic (exact) mass is 183 g/mol. The van der Waals surface area contributed by atoms with Crippen molar-refractivity contribution in [3.8, 4) is 0 Å². The molecule has 0 aromatic rings. The summed E-state index contributed by atoms with van der Waals surface area (Å²) < 4.78 is 0. The zero-order chi connectivity index (χ0) is 10.1. The third kappa shape index (κ3) is 6.68. The van der Waals surface area contributed by atoms with E-state index in [2.05, 4.69) is 32.7 Å². The van der Waals surface area contributed by atoms with Gasteiger partial charge in [-0.3, -0.25) is 0 Å². The fraction of sp³-hybridized carbons (Fsp3) is 0.833. The molecular formula is C12H25N. The molecule has 1 heteroatoms. The van der Waals surface area contributed by atoms with Gasteiger partial charge in [0.05, 0.1) is 0 Å². The first-order valence-electron chi connectivity index (χ1n) is 5.68. The Kier molecular flexibility index (Phi) is 7.86. The van der Waals surface area contributed by atoms with E-state index in [0.717, 1.165) is 6.42 Å². The van der Waals surface area contributed by atoms with Crippen LogP contribution in [0.4, 0.5) is 0 Å². The van der Waals surface area contributed by atoms with Gasteiger partial charge in [0.15, 0.2) is 0 Å². The highest BCUT2D eigenvalue weighted by Gasteiger charge is 2.05. The molecule has 1 unspecified atom stereocenters. The SMILES string of the molecule is C=C(CC)NC(CCC)CCCC. The highest BCUT2D eigenvalue weighted by molar-refractivity contribution is 4.92. The predicted octanol–water partition coefficient (Wildman–Crippen LogP) is 3.86. The maximum Gasteiger partial charge on any atom is 0.0257 e. The molecule has 0 spiro atoms. The Labute approximate surface area is 83.6 Å². The van der Waals surface area contributed by atoms with Crippen molar-refractivity contribution in [2.24, 2.45) is 0 Å². The molecule has 0 aromatic heterocycles. The van der Waals surface area contributed by atoms with E-state index in [0.29, 0.717) is 6.04 Å². The van der Waals surface area contributed by atoms with Crippen molar-refractivity contribution in [1.82, 2.24) is 5.32 Å². The van der Waals surface area contributed by atoms with Gasteiger partial charge < -0.3 is 5.32 Å². The molecule has 0 aromatic carbocycles. The predicted molar refractivity (Wildman–Crippen MR) is 60.8 cm³/mol. The van der Waals surface area contributed by atoms with Crippen LogP contribution in [0.25, 0.3) is 0 Å². The van der Waals surface area contributed by atoms with Crippen molar-refractivity contribution in [3.63, 3.8) is 0 Å². The number of allylic oxidation sites excluding steroid dienone is 1. The van der Waals surface area contributed by atoms with E-state index in [4.69, 9.17) is 0 Å². The second-order valence-corrected chi connectivity index (χ2v) is 3.73. The molecule has 13 heavy (non-hydrogen) atoms. The van der Waals surface area contributed by atoms with E-state index in [1.165, 1.54) is 37.8 Å². The molecule has 0 aliphatic carbocycles. The minimum Gasteiger partial charge on any atom is -0.386 e. The topological polar surface area (TPSA) is 12.0 Å². The van der Waals surface area contributed by atoms with E-state index in [1.807, 2.05) is 0 Å². The summed E-state index contributed by atoms with van der Waals surface area (Å²) in [5, 5.41) is 3.51. The van der Waals surface area contributed by atoms with Gasteiger partial charge in [-0.1, -0.05) is 46.6 Å². The Morgan fingerprint density at radius 2 is 1.85 bits per heavy atom. The van der Waals surface area contributed by atoms with Gasteiger partial charge in [0.2, 0.25) is 0 Å².